The lowest BCUT2D eigenvalue weighted by molar-refractivity contribution is -0.204. The minimum atomic E-state index is -0.909. The van der Waals surface area contributed by atoms with Gasteiger partial charge in [0.2, 0.25) is 12.6 Å². The average molecular weight is 513 g/mol. The molecule has 2 saturated carbocycles. The van der Waals surface area contributed by atoms with Gasteiger partial charge in [-0.3, -0.25) is 19.1 Å². The molecule has 5 rings (SSSR count). The van der Waals surface area contributed by atoms with Gasteiger partial charge in [-0.25, -0.2) is 0 Å². The lowest BCUT2D eigenvalue weighted by Crippen LogP contribution is -2.63. The molecule has 202 valence electrons. The Morgan fingerprint density at radius 2 is 1.73 bits per heavy atom. The van der Waals surface area contributed by atoms with E-state index in [1.807, 2.05) is 13.8 Å². The molecule has 9 unspecified atom stereocenters. The Bertz CT molecular complexity index is 1130. The van der Waals surface area contributed by atoms with Gasteiger partial charge in [0.05, 0.1) is 6.10 Å². The van der Waals surface area contributed by atoms with Gasteiger partial charge >= 0.3 is 11.9 Å². The first-order valence-electron chi connectivity index (χ1n) is 13.5. The summed E-state index contributed by atoms with van der Waals surface area (Å²) >= 11 is 0. The molecule has 0 bridgehead atoms. The third-order valence-electron chi connectivity index (χ3n) is 10.8. The first kappa shape index (κ1) is 26.4. The number of hydrogen-bond acceptors (Lipinski definition) is 7. The average Bonchev–Trinajstić information content (AvgIpc) is 3.33. The molecule has 1 heterocycles. The molecule has 1 N–H and O–H groups in total. The third kappa shape index (κ3) is 3.63. The lowest BCUT2D eigenvalue weighted by Gasteiger charge is -2.66. The zero-order chi connectivity index (χ0) is 27.1. The third-order valence-corrected chi connectivity index (χ3v) is 10.8. The van der Waals surface area contributed by atoms with Gasteiger partial charge in [-0.1, -0.05) is 52.3 Å². The van der Waals surface area contributed by atoms with Gasteiger partial charge in [0.15, 0.2) is 5.78 Å². The summed E-state index contributed by atoms with van der Waals surface area (Å²) in [6.45, 7) is 13.4. The highest BCUT2D eigenvalue weighted by Gasteiger charge is 2.67. The predicted molar refractivity (Wildman–Crippen MR) is 136 cm³/mol. The van der Waals surface area contributed by atoms with Crippen molar-refractivity contribution < 1.29 is 33.7 Å². The van der Waals surface area contributed by atoms with E-state index >= 15 is 0 Å². The van der Waals surface area contributed by atoms with Crippen LogP contribution in [0.4, 0.5) is 0 Å². The summed E-state index contributed by atoms with van der Waals surface area (Å²) < 4.78 is 16.6. The van der Waals surface area contributed by atoms with Crippen LogP contribution in [0.3, 0.4) is 0 Å². The van der Waals surface area contributed by atoms with Gasteiger partial charge < -0.3 is 14.6 Å². The number of carbonyl (C=O) groups excluding carboxylic acids is 3. The van der Waals surface area contributed by atoms with Gasteiger partial charge in [0, 0.05) is 30.3 Å². The zero-order valence-corrected chi connectivity index (χ0v) is 23.0. The van der Waals surface area contributed by atoms with E-state index in [1.165, 1.54) is 19.4 Å². The molecule has 0 amide bonds. The number of allylic oxidation sites excluding steroid dienone is 3. The van der Waals surface area contributed by atoms with E-state index in [0.29, 0.717) is 6.42 Å². The molecule has 0 radical (unpaired) electrons. The van der Waals surface area contributed by atoms with Crippen molar-refractivity contribution in [3.05, 3.63) is 35.5 Å². The highest BCUT2D eigenvalue weighted by molar-refractivity contribution is 5.95. The maximum absolute atomic E-state index is 12.8. The molecule has 7 heteroatoms. The van der Waals surface area contributed by atoms with Crippen LogP contribution in [0.15, 0.2) is 35.5 Å². The largest absolute Gasteiger partial charge is 0.432 e. The van der Waals surface area contributed by atoms with Crippen molar-refractivity contribution in [2.24, 2.45) is 39.4 Å². The molecule has 9 atom stereocenters. The summed E-state index contributed by atoms with van der Waals surface area (Å²) in [4.78, 5) is 36.3. The van der Waals surface area contributed by atoms with Crippen LogP contribution >= 0.6 is 0 Å². The van der Waals surface area contributed by atoms with Crippen molar-refractivity contribution in [3.63, 3.8) is 0 Å². The Kier molecular flexibility index (Phi) is 5.97. The van der Waals surface area contributed by atoms with Crippen LogP contribution in [-0.4, -0.2) is 41.5 Å². The topological polar surface area (TPSA) is 99.1 Å². The molecule has 0 aromatic carbocycles. The minimum absolute atomic E-state index is 0.0113. The maximum atomic E-state index is 12.8. The number of ether oxygens (including phenoxy) is 3. The summed E-state index contributed by atoms with van der Waals surface area (Å²) in [5.74, 6) is -0.557. The summed E-state index contributed by atoms with van der Waals surface area (Å²) in [5, 5.41) is 11.8. The summed E-state index contributed by atoms with van der Waals surface area (Å²) in [5.41, 5.74) is 0.597. The van der Waals surface area contributed by atoms with E-state index < -0.39 is 41.5 Å². The molecular weight excluding hydrogens is 472 g/mol. The predicted octanol–water partition coefficient (Wildman–Crippen LogP) is 4.64. The van der Waals surface area contributed by atoms with Crippen molar-refractivity contribution in [1.29, 1.82) is 0 Å². The van der Waals surface area contributed by atoms with E-state index in [9.17, 15) is 19.5 Å². The second kappa shape index (κ2) is 8.37. The van der Waals surface area contributed by atoms with Crippen LogP contribution in [0.25, 0.3) is 0 Å². The summed E-state index contributed by atoms with van der Waals surface area (Å²) in [6, 6.07) is 0. The van der Waals surface area contributed by atoms with Crippen molar-refractivity contribution >= 4 is 17.7 Å². The van der Waals surface area contributed by atoms with Crippen LogP contribution in [0.5, 0.6) is 0 Å². The maximum Gasteiger partial charge on any atom is 0.305 e. The number of carbonyl (C=O) groups is 3. The van der Waals surface area contributed by atoms with Crippen LogP contribution in [-0.2, 0) is 28.6 Å². The Balaban J connectivity index is 1.52. The fourth-order valence-corrected chi connectivity index (χ4v) is 9.00. The molecule has 0 saturated heterocycles. The number of hydrogen-bond donors (Lipinski definition) is 1. The van der Waals surface area contributed by atoms with Gasteiger partial charge in [-0.05, 0) is 66.4 Å². The summed E-state index contributed by atoms with van der Waals surface area (Å²) in [6.07, 6.45) is 8.66. The smallest absolute Gasteiger partial charge is 0.305 e. The molecule has 5 aliphatic rings. The van der Waals surface area contributed by atoms with Gasteiger partial charge in [0.25, 0.3) is 0 Å². The quantitative estimate of drug-likeness (QED) is 0.434. The Morgan fingerprint density at radius 3 is 2.38 bits per heavy atom. The molecule has 0 spiro atoms. The molecule has 0 aromatic heterocycles. The Hall–Kier alpha value is -2.25. The van der Waals surface area contributed by atoms with Crippen molar-refractivity contribution in [2.45, 2.75) is 92.8 Å². The van der Waals surface area contributed by atoms with Crippen LogP contribution in [0.1, 0.15) is 74.1 Å². The van der Waals surface area contributed by atoms with E-state index in [4.69, 9.17) is 14.2 Å². The van der Waals surface area contributed by atoms with Gasteiger partial charge in [-0.2, -0.15) is 0 Å². The second-order valence-electron chi connectivity index (χ2n) is 13.0. The molecule has 37 heavy (non-hydrogen) atoms. The SMILES string of the molecule is CC(=O)OC1C=C(C2CC=C3C2(C)CCC2C4(C)C=CC(=O)C(C)(C)C4CC(O)C32C)C(OC(C)=O)O1. The highest BCUT2D eigenvalue weighted by atomic mass is 16.8. The lowest BCUT2D eigenvalue weighted by atomic mass is 9.38. The zero-order valence-electron chi connectivity index (χ0n) is 23.0. The first-order valence-corrected chi connectivity index (χ1v) is 13.5. The van der Waals surface area contributed by atoms with E-state index in [2.05, 4.69) is 32.9 Å². The Labute approximate surface area is 219 Å². The molecule has 4 aliphatic carbocycles. The van der Waals surface area contributed by atoms with E-state index in [1.54, 1.807) is 12.2 Å². The highest BCUT2D eigenvalue weighted by Crippen LogP contribution is 2.72. The monoisotopic (exact) mass is 512 g/mol. The Morgan fingerprint density at radius 1 is 1.05 bits per heavy atom. The molecular formula is C30H40O7. The normalized spacial score (nSPS) is 45.8. The van der Waals surface area contributed by atoms with Crippen molar-refractivity contribution in [3.8, 4) is 0 Å². The molecule has 7 nitrogen and oxygen atoms in total. The van der Waals surface area contributed by atoms with E-state index in [0.717, 1.165) is 24.8 Å². The number of aliphatic hydroxyl groups excluding tert-OH is 1. The fraction of sp³-hybridized carbons (Fsp3) is 0.700. The molecule has 1 aliphatic heterocycles. The van der Waals surface area contributed by atoms with Gasteiger partial charge in [-0.15, -0.1) is 0 Å². The fourth-order valence-electron chi connectivity index (χ4n) is 9.00. The van der Waals surface area contributed by atoms with Crippen LogP contribution < -0.4 is 0 Å². The number of fused-ring (bicyclic) bond motifs is 5. The number of aliphatic hydroxyl groups is 1. The van der Waals surface area contributed by atoms with Crippen molar-refractivity contribution in [2.75, 3.05) is 0 Å². The first-order chi connectivity index (χ1) is 17.2. The van der Waals surface area contributed by atoms with Crippen molar-refractivity contribution in [1.82, 2.24) is 0 Å². The molecule has 2 fully saturated rings. The standard InChI is InChI=1S/C30H40O7/c1-16(31)35-25-14-18(26(37-25)36-17(2)32)19-8-9-20-28(19,5)12-10-21-29(6)13-11-23(33)27(3,4)22(29)15-24(34)30(20,21)7/h9,11,13-14,19,21-22,24-26,34H,8,10,12,15H2,1-7H3. The van der Waals surface area contributed by atoms with Crippen LogP contribution in [0.2, 0.25) is 0 Å². The minimum Gasteiger partial charge on any atom is -0.432 e. The van der Waals surface area contributed by atoms with Crippen LogP contribution in [0, 0.1) is 39.4 Å². The second-order valence-corrected chi connectivity index (χ2v) is 13.0. The van der Waals surface area contributed by atoms with Gasteiger partial charge in [0.1, 0.15) is 0 Å². The van der Waals surface area contributed by atoms with E-state index in [-0.39, 0.29) is 34.4 Å². The number of ketones is 1. The summed E-state index contributed by atoms with van der Waals surface area (Å²) in [7, 11) is 0. The number of esters is 2. The number of rotatable bonds is 3. The molecule has 0 aromatic rings.